The van der Waals surface area contributed by atoms with Crippen LogP contribution in [0.15, 0.2) is 152 Å². The van der Waals surface area contributed by atoms with Crippen LogP contribution in [-0.4, -0.2) is 8.80 Å². The molecule has 192 valence electrons. The predicted octanol–water partition coefficient (Wildman–Crippen LogP) is 10.2. The van der Waals surface area contributed by atoms with Crippen LogP contribution in [-0.2, 0) is 0 Å². The minimum Gasteiger partial charge on any atom is -0.310 e. The van der Waals surface area contributed by atoms with Gasteiger partial charge in [-0.05, 0) is 65.7 Å². The highest BCUT2D eigenvalue weighted by Gasteiger charge is 2.23. The molecular formula is C38H25N3. The fraction of sp³-hybridized carbons (Fsp3) is 0. The average molecular weight is 524 g/mol. The second-order valence-corrected chi connectivity index (χ2v) is 10.7. The van der Waals surface area contributed by atoms with Crippen molar-refractivity contribution in [3.05, 3.63) is 152 Å². The Kier molecular flexibility index (Phi) is 4.61. The number of hydrogen-bond acceptors (Lipinski definition) is 1. The van der Waals surface area contributed by atoms with Crippen molar-refractivity contribution in [1.82, 2.24) is 8.80 Å². The smallest absolute Gasteiger partial charge is 0.131 e. The third-order valence-corrected chi connectivity index (χ3v) is 8.42. The van der Waals surface area contributed by atoms with Crippen LogP contribution in [0.2, 0.25) is 0 Å². The molecule has 0 aliphatic carbocycles. The van der Waals surface area contributed by atoms with Crippen molar-refractivity contribution in [1.29, 1.82) is 0 Å². The molecule has 0 fully saturated rings. The highest BCUT2D eigenvalue weighted by Crippen LogP contribution is 2.43. The standard InChI is InChI=1S/C38H25N3/c1-3-11-26(12-4-1)27-19-21-29(22-20-27)39(28-13-5-2-6-14-28)30-23-24-32-36(25-30)41-35-18-10-9-17-34(35)40-33-16-8-7-15-31(33)37(32)38(40)41/h1-25H. The number of hydrogen-bond donors (Lipinski definition) is 0. The second kappa shape index (κ2) is 8.48. The first-order valence-corrected chi connectivity index (χ1v) is 14.0. The maximum atomic E-state index is 2.45. The number of imidazole rings is 1. The zero-order valence-electron chi connectivity index (χ0n) is 22.3. The van der Waals surface area contributed by atoms with E-state index >= 15 is 0 Å². The van der Waals surface area contributed by atoms with E-state index in [4.69, 9.17) is 0 Å². The lowest BCUT2D eigenvalue weighted by Gasteiger charge is -2.26. The van der Waals surface area contributed by atoms with E-state index in [0.29, 0.717) is 0 Å². The Morgan fingerprint density at radius 1 is 0.366 bits per heavy atom. The SMILES string of the molecule is c1ccc(-c2ccc(N(c3ccccc3)c3ccc4c5c6ccccc6n6c7ccccc7n(c4c3)c56)cc2)cc1. The molecule has 3 heteroatoms. The lowest BCUT2D eigenvalue weighted by molar-refractivity contribution is 1.27. The fourth-order valence-electron chi connectivity index (χ4n) is 6.66. The maximum Gasteiger partial charge on any atom is 0.131 e. The number of nitrogens with zero attached hydrogens (tertiary/aromatic N) is 3. The molecule has 0 aliphatic heterocycles. The van der Waals surface area contributed by atoms with Gasteiger partial charge in [0.25, 0.3) is 0 Å². The molecule has 9 aromatic rings. The van der Waals surface area contributed by atoms with Crippen molar-refractivity contribution in [2.24, 2.45) is 0 Å². The molecule has 0 aliphatic rings. The van der Waals surface area contributed by atoms with E-state index in [9.17, 15) is 0 Å². The molecule has 0 atom stereocenters. The Hall–Kier alpha value is -5.54. The third-order valence-electron chi connectivity index (χ3n) is 8.42. The lowest BCUT2D eigenvalue weighted by atomic mass is 10.0. The molecule has 0 saturated heterocycles. The number of para-hydroxylation sites is 4. The molecule has 6 aromatic carbocycles. The minimum absolute atomic E-state index is 1.13. The van der Waals surface area contributed by atoms with E-state index in [1.165, 1.54) is 55.0 Å². The van der Waals surface area contributed by atoms with E-state index in [2.05, 4.69) is 165 Å². The monoisotopic (exact) mass is 523 g/mol. The van der Waals surface area contributed by atoms with Crippen molar-refractivity contribution >= 4 is 60.9 Å². The summed E-state index contributed by atoms with van der Waals surface area (Å²) in [4.78, 5) is 2.35. The van der Waals surface area contributed by atoms with Crippen LogP contribution in [0.4, 0.5) is 17.1 Å². The molecule has 3 heterocycles. The zero-order chi connectivity index (χ0) is 26.9. The second-order valence-electron chi connectivity index (χ2n) is 10.7. The van der Waals surface area contributed by atoms with Gasteiger partial charge in [-0.2, -0.15) is 0 Å². The fourth-order valence-corrected chi connectivity index (χ4v) is 6.66. The van der Waals surface area contributed by atoms with Gasteiger partial charge in [-0.15, -0.1) is 0 Å². The van der Waals surface area contributed by atoms with Crippen LogP contribution in [0.3, 0.4) is 0 Å². The zero-order valence-corrected chi connectivity index (χ0v) is 22.3. The van der Waals surface area contributed by atoms with Gasteiger partial charge in [0.05, 0.1) is 22.1 Å². The molecule has 41 heavy (non-hydrogen) atoms. The van der Waals surface area contributed by atoms with Gasteiger partial charge in [-0.25, -0.2) is 0 Å². The molecule has 0 amide bonds. The Labute approximate surface area is 237 Å². The Balaban J connectivity index is 1.30. The quantitative estimate of drug-likeness (QED) is 0.223. The average Bonchev–Trinajstić information content (AvgIpc) is 3.67. The van der Waals surface area contributed by atoms with Crippen LogP contribution in [0.5, 0.6) is 0 Å². The highest BCUT2D eigenvalue weighted by molar-refractivity contribution is 6.24. The molecule has 0 spiro atoms. The summed E-state index contributed by atoms with van der Waals surface area (Å²) >= 11 is 0. The van der Waals surface area contributed by atoms with E-state index in [0.717, 1.165) is 17.1 Å². The summed E-state index contributed by atoms with van der Waals surface area (Å²) in [5.74, 6) is 0. The van der Waals surface area contributed by atoms with Gasteiger partial charge >= 0.3 is 0 Å². The van der Waals surface area contributed by atoms with Crippen LogP contribution >= 0.6 is 0 Å². The van der Waals surface area contributed by atoms with Gasteiger partial charge in [-0.3, -0.25) is 8.80 Å². The maximum absolute atomic E-state index is 2.45. The first-order valence-electron chi connectivity index (χ1n) is 14.0. The van der Waals surface area contributed by atoms with Gasteiger partial charge in [0, 0.05) is 33.2 Å². The van der Waals surface area contributed by atoms with Crippen molar-refractivity contribution < 1.29 is 0 Å². The number of aromatic nitrogens is 2. The van der Waals surface area contributed by atoms with Gasteiger partial charge < -0.3 is 4.90 Å². The molecule has 3 aromatic heterocycles. The Morgan fingerprint density at radius 2 is 0.878 bits per heavy atom. The summed E-state index contributed by atoms with van der Waals surface area (Å²) < 4.78 is 4.88. The molecule has 3 nitrogen and oxygen atoms in total. The lowest BCUT2D eigenvalue weighted by Crippen LogP contribution is -2.09. The molecule has 0 saturated carbocycles. The van der Waals surface area contributed by atoms with Gasteiger partial charge in [0.15, 0.2) is 0 Å². The molecule has 0 bridgehead atoms. The number of anilines is 3. The topological polar surface area (TPSA) is 12.1 Å². The number of fused-ring (bicyclic) bond motifs is 9. The van der Waals surface area contributed by atoms with Crippen molar-refractivity contribution in [3.63, 3.8) is 0 Å². The third kappa shape index (κ3) is 3.14. The first kappa shape index (κ1) is 22.3. The molecule has 0 unspecified atom stereocenters. The van der Waals surface area contributed by atoms with Gasteiger partial charge in [-0.1, -0.05) is 97.1 Å². The van der Waals surface area contributed by atoms with Crippen molar-refractivity contribution in [3.8, 4) is 11.1 Å². The minimum atomic E-state index is 1.13. The normalized spacial score (nSPS) is 11.9. The summed E-state index contributed by atoms with van der Waals surface area (Å²) in [6.07, 6.45) is 0. The first-order chi connectivity index (χ1) is 20.4. The number of benzene rings is 6. The molecular weight excluding hydrogens is 498 g/mol. The molecule has 0 N–H and O–H groups in total. The largest absolute Gasteiger partial charge is 0.310 e. The predicted molar refractivity (Wildman–Crippen MR) is 172 cm³/mol. The van der Waals surface area contributed by atoms with E-state index in [1.807, 2.05) is 0 Å². The Bertz CT molecular complexity index is 2340. The van der Waals surface area contributed by atoms with Crippen molar-refractivity contribution in [2.45, 2.75) is 0 Å². The van der Waals surface area contributed by atoms with Crippen LogP contribution in [0, 0.1) is 0 Å². The summed E-state index contributed by atoms with van der Waals surface area (Å²) in [7, 11) is 0. The molecule has 9 rings (SSSR count). The summed E-state index contributed by atoms with van der Waals surface area (Å²) in [6.45, 7) is 0. The summed E-state index contributed by atoms with van der Waals surface area (Å²) in [5, 5.41) is 3.89. The summed E-state index contributed by atoms with van der Waals surface area (Å²) in [5.41, 5.74) is 12.0. The highest BCUT2D eigenvalue weighted by atomic mass is 15.1. The summed E-state index contributed by atoms with van der Waals surface area (Å²) in [6, 6.07) is 54.5. The number of rotatable bonds is 4. The molecule has 0 radical (unpaired) electrons. The Morgan fingerprint density at radius 3 is 1.61 bits per heavy atom. The van der Waals surface area contributed by atoms with Crippen LogP contribution in [0.25, 0.3) is 55.0 Å². The van der Waals surface area contributed by atoms with Crippen molar-refractivity contribution in [2.75, 3.05) is 4.90 Å². The van der Waals surface area contributed by atoms with Gasteiger partial charge in [0.1, 0.15) is 5.65 Å². The van der Waals surface area contributed by atoms with Crippen LogP contribution < -0.4 is 4.90 Å². The van der Waals surface area contributed by atoms with Crippen LogP contribution in [0.1, 0.15) is 0 Å². The van der Waals surface area contributed by atoms with E-state index in [-0.39, 0.29) is 0 Å². The van der Waals surface area contributed by atoms with Gasteiger partial charge in [0.2, 0.25) is 0 Å². The van der Waals surface area contributed by atoms with E-state index < -0.39 is 0 Å². The van der Waals surface area contributed by atoms with E-state index in [1.54, 1.807) is 0 Å².